The first-order chi connectivity index (χ1) is 10.0. The van der Waals surface area contributed by atoms with E-state index in [1.165, 1.54) is 0 Å². The minimum Gasteiger partial charge on any atom is -0.409 e. The molecule has 0 aromatic heterocycles. The van der Waals surface area contributed by atoms with Crippen LogP contribution in [-0.2, 0) is 6.54 Å². The van der Waals surface area contributed by atoms with Crippen molar-refractivity contribution in [3.63, 3.8) is 0 Å². The van der Waals surface area contributed by atoms with Crippen molar-refractivity contribution in [3.05, 3.63) is 63.6 Å². The summed E-state index contributed by atoms with van der Waals surface area (Å²) in [5, 5.41) is 12.7. The normalized spacial score (nSPS) is 11.5. The predicted octanol–water partition coefficient (Wildman–Crippen LogP) is 3.72. The minimum atomic E-state index is 0.0853. The molecule has 0 aliphatic carbocycles. The summed E-state index contributed by atoms with van der Waals surface area (Å²) >= 11 is 12.2. The van der Waals surface area contributed by atoms with Crippen molar-refractivity contribution in [1.29, 1.82) is 0 Å². The molecule has 0 unspecified atom stereocenters. The highest BCUT2D eigenvalue weighted by Gasteiger charge is 2.08. The summed E-state index contributed by atoms with van der Waals surface area (Å²) in [7, 11) is 1.95. The number of nitrogens with zero attached hydrogens (tertiary/aromatic N) is 2. The molecule has 0 bridgehead atoms. The lowest BCUT2D eigenvalue weighted by molar-refractivity contribution is 0.318. The predicted molar refractivity (Wildman–Crippen MR) is 87.5 cm³/mol. The van der Waals surface area contributed by atoms with Crippen LogP contribution in [0.2, 0.25) is 10.0 Å². The smallest absolute Gasteiger partial charge is 0.170 e. The quantitative estimate of drug-likeness (QED) is 0.390. The average molecular weight is 324 g/mol. The summed E-state index contributed by atoms with van der Waals surface area (Å²) in [6.07, 6.45) is 0. The van der Waals surface area contributed by atoms with Gasteiger partial charge in [-0.25, -0.2) is 0 Å². The molecule has 0 amide bonds. The lowest BCUT2D eigenvalue weighted by atomic mass is 10.1. The van der Waals surface area contributed by atoms with Crippen molar-refractivity contribution < 1.29 is 5.21 Å². The third-order valence-electron chi connectivity index (χ3n) is 3.15. The van der Waals surface area contributed by atoms with Crippen LogP contribution < -0.4 is 10.6 Å². The van der Waals surface area contributed by atoms with Gasteiger partial charge in [0.25, 0.3) is 0 Å². The van der Waals surface area contributed by atoms with E-state index in [9.17, 15) is 0 Å². The Morgan fingerprint density at radius 3 is 2.48 bits per heavy atom. The molecular weight excluding hydrogens is 309 g/mol. The van der Waals surface area contributed by atoms with Gasteiger partial charge >= 0.3 is 0 Å². The lowest BCUT2D eigenvalue weighted by Gasteiger charge is -2.20. The number of nitrogens with two attached hydrogens (primary N) is 1. The van der Waals surface area contributed by atoms with Gasteiger partial charge in [0.15, 0.2) is 5.84 Å². The molecule has 0 spiro atoms. The van der Waals surface area contributed by atoms with Crippen LogP contribution in [0.5, 0.6) is 0 Å². The van der Waals surface area contributed by atoms with Gasteiger partial charge in [-0.15, -0.1) is 0 Å². The van der Waals surface area contributed by atoms with Crippen molar-refractivity contribution in [1.82, 2.24) is 0 Å². The van der Waals surface area contributed by atoms with Crippen molar-refractivity contribution in [2.24, 2.45) is 10.9 Å². The first-order valence-electron chi connectivity index (χ1n) is 6.25. The van der Waals surface area contributed by atoms with Gasteiger partial charge < -0.3 is 15.8 Å². The van der Waals surface area contributed by atoms with Gasteiger partial charge in [0, 0.05) is 24.8 Å². The summed E-state index contributed by atoms with van der Waals surface area (Å²) in [6, 6.07) is 13.0. The topological polar surface area (TPSA) is 61.8 Å². The highest BCUT2D eigenvalue weighted by atomic mass is 35.5. The number of anilines is 1. The molecule has 0 radical (unpaired) electrons. The fourth-order valence-corrected chi connectivity index (χ4v) is 2.34. The Morgan fingerprint density at radius 2 is 1.86 bits per heavy atom. The Kier molecular flexibility index (Phi) is 4.94. The zero-order valence-corrected chi connectivity index (χ0v) is 12.9. The standard InChI is InChI=1S/C15H15Cl2N3O/c1-20(9-11-3-2-4-13(16)14(11)17)12-7-5-10(6-8-12)15(18)19-21/h2-8,21H,9H2,1H3,(H2,18,19). The number of hydrogen-bond donors (Lipinski definition) is 2. The second-order valence-corrected chi connectivity index (χ2v) is 5.39. The van der Waals surface area contributed by atoms with Gasteiger partial charge in [0.1, 0.15) is 0 Å². The van der Waals surface area contributed by atoms with E-state index in [0.29, 0.717) is 22.2 Å². The Labute approximate surface area is 133 Å². The van der Waals surface area contributed by atoms with Crippen LogP contribution >= 0.6 is 23.2 Å². The van der Waals surface area contributed by atoms with Gasteiger partial charge in [0.2, 0.25) is 0 Å². The van der Waals surface area contributed by atoms with Crippen molar-refractivity contribution in [2.75, 3.05) is 11.9 Å². The largest absolute Gasteiger partial charge is 0.409 e. The van der Waals surface area contributed by atoms with Crippen LogP contribution in [0.4, 0.5) is 5.69 Å². The SMILES string of the molecule is CN(Cc1cccc(Cl)c1Cl)c1ccc(/C(N)=N/O)cc1. The van der Waals surface area contributed by atoms with Crippen LogP contribution in [0, 0.1) is 0 Å². The molecule has 0 saturated heterocycles. The van der Waals surface area contributed by atoms with E-state index < -0.39 is 0 Å². The van der Waals surface area contributed by atoms with E-state index in [2.05, 4.69) is 5.16 Å². The summed E-state index contributed by atoms with van der Waals surface area (Å²) < 4.78 is 0. The highest BCUT2D eigenvalue weighted by molar-refractivity contribution is 6.42. The van der Waals surface area contributed by atoms with Crippen LogP contribution in [0.25, 0.3) is 0 Å². The zero-order valence-electron chi connectivity index (χ0n) is 11.4. The maximum absolute atomic E-state index is 8.64. The molecule has 3 N–H and O–H groups in total. The molecule has 2 aromatic rings. The van der Waals surface area contributed by atoms with E-state index in [1.807, 2.05) is 36.2 Å². The fraction of sp³-hybridized carbons (Fsp3) is 0.133. The average Bonchev–Trinajstić information content (AvgIpc) is 2.51. The van der Waals surface area contributed by atoms with Gasteiger partial charge in [-0.2, -0.15) is 0 Å². The van der Waals surface area contributed by atoms with E-state index >= 15 is 0 Å². The summed E-state index contributed by atoms with van der Waals surface area (Å²) in [4.78, 5) is 2.04. The summed E-state index contributed by atoms with van der Waals surface area (Å²) in [5.41, 5.74) is 8.13. The van der Waals surface area contributed by atoms with Crippen LogP contribution in [0.3, 0.4) is 0 Å². The van der Waals surface area contributed by atoms with Gasteiger partial charge in [-0.1, -0.05) is 40.5 Å². The van der Waals surface area contributed by atoms with Gasteiger partial charge in [0.05, 0.1) is 10.0 Å². The highest BCUT2D eigenvalue weighted by Crippen LogP contribution is 2.27. The van der Waals surface area contributed by atoms with Gasteiger partial charge in [-0.3, -0.25) is 0 Å². The van der Waals surface area contributed by atoms with Crippen molar-refractivity contribution >= 4 is 34.7 Å². The minimum absolute atomic E-state index is 0.0853. The zero-order chi connectivity index (χ0) is 15.4. The fourth-order valence-electron chi connectivity index (χ4n) is 1.96. The summed E-state index contributed by atoms with van der Waals surface area (Å²) in [5.74, 6) is 0.0853. The Hall–Kier alpha value is -1.91. The van der Waals surface area contributed by atoms with E-state index in [1.54, 1.807) is 18.2 Å². The first-order valence-corrected chi connectivity index (χ1v) is 7.00. The van der Waals surface area contributed by atoms with Gasteiger partial charge in [-0.05, 0) is 35.9 Å². The second-order valence-electron chi connectivity index (χ2n) is 4.60. The Morgan fingerprint density at radius 1 is 1.19 bits per heavy atom. The number of benzene rings is 2. The second kappa shape index (κ2) is 6.70. The molecule has 0 heterocycles. The molecule has 4 nitrogen and oxygen atoms in total. The number of rotatable bonds is 4. The van der Waals surface area contributed by atoms with E-state index in [4.69, 9.17) is 34.1 Å². The lowest BCUT2D eigenvalue weighted by Crippen LogP contribution is -2.17. The molecule has 2 rings (SSSR count). The molecule has 6 heteroatoms. The Bertz CT molecular complexity index is 656. The van der Waals surface area contributed by atoms with Crippen LogP contribution in [-0.4, -0.2) is 18.1 Å². The van der Waals surface area contributed by atoms with Crippen LogP contribution in [0.1, 0.15) is 11.1 Å². The monoisotopic (exact) mass is 323 g/mol. The Balaban J connectivity index is 2.17. The van der Waals surface area contributed by atoms with E-state index in [-0.39, 0.29) is 5.84 Å². The number of hydrogen-bond acceptors (Lipinski definition) is 3. The maximum Gasteiger partial charge on any atom is 0.170 e. The number of amidine groups is 1. The molecule has 0 saturated carbocycles. The van der Waals surface area contributed by atoms with Crippen LogP contribution in [0.15, 0.2) is 47.6 Å². The maximum atomic E-state index is 8.64. The molecule has 2 aromatic carbocycles. The molecular formula is C15H15Cl2N3O. The molecule has 0 fully saturated rings. The summed E-state index contributed by atoms with van der Waals surface area (Å²) in [6.45, 7) is 0.627. The molecule has 0 atom stereocenters. The molecule has 0 aliphatic rings. The number of halogens is 2. The molecule has 0 aliphatic heterocycles. The third kappa shape index (κ3) is 3.60. The number of oxime groups is 1. The molecule has 21 heavy (non-hydrogen) atoms. The molecule has 110 valence electrons. The van der Waals surface area contributed by atoms with E-state index in [0.717, 1.165) is 11.3 Å². The first kappa shape index (κ1) is 15.5. The van der Waals surface area contributed by atoms with Crippen molar-refractivity contribution in [3.8, 4) is 0 Å². The third-order valence-corrected chi connectivity index (χ3v) is 4.01. The van der Waals surface area contributed by atoms with Crippen molar-refractivity contribution in [2.45, 2.75) is 6.54 Å².